The average molecular weight is 295 g/mol. The smallest absolute Gasteiger partial charge is 0.244 e. The van der Waals surface area contributed by atoms with Crippen LogP contribution in [0.1, 0.15) is 31.5 Å². The van der Waals surface area contributed by atoms with E-state index in [9.17, 15) is 0 Å². The van der Waals surface area contributed by atoms with Crippen LogP contribution in [0.25, 0.3) is 0 Å². The predicted molar refractivity (Wildman–Crippen MR) is 84.4 cm³/mol. The van der Waals surface area contributed by atoms with E-state index in [1.807, 2.05) is 7.05 Å². The fraction of sp³-hybridized carbons (Fsp3) is 0.857. The summed E-state index contributed by atoms with van der Waals surface area (Å²) in [6.45, 7) is 2.12. The maximum absolute atomic E-state index is 4.71. The lowest BCUT2D eigenvalue weighted by Crippen LogP contribution is -2.41. The third-order valence-electron chi connectivity index (χ3n) is 4.53. The Morgan fingerprint density at radius 3 is 2.70 bits per heavy atom. The van der Waals surface area contributed by atoms with Crippen LogP contribution >= 0.6 is 11.8 Å². The molecule has 2 saturated heterocycles. The Labute approximate surface area is 125 Å². The van der Waals surface area contributed by atoms with Gasteiger partial charge in [0.2, 0.25) is 5.95 Å². The molecule has 3 rings (SSSR count). The zero-order chi connectivity index (χ0) is 13.8. The highest BCUT2D eigenvalue weighted by Crippen LogP contribution is 2.25. The lowest BCUT2D eigenvalue weighted by molar-refractivity contribution is 0.439. The van der Waals surface area contributed by atoms with Crippen LogP contribution in [0.15, 0.2) is 0 Å². The van der Waals surface area contributed by atoms with Gasteiger partial charge in [-0.1, -0.05) is 0 Å². The number of H-pyrrole nitrogens is 1. The first-order valence-electron chi connectivity index (χ1n) is 7.76. The third kappa shape index (κ3) is 3.47. The van der Waals surface area contributed by atoms with Gasteiger partial charge in [-0.15, -0.1) is 5.10 Å². The quantitative estimate of drug-likeness (QED) is 0.885. The molecular weight excluding hydrogens is 270 g/mol. The molecule has 20 heavy (non-hydrogen) atoms. The van der Waals surface area contributed by atoms with Gasteiger partial charge in [-0.3, -0.25) is 5.10 Å². The molecule has 1 aromatic rings. The van der Waals surface area contributed by atoms with Gasteiger partial charge >= 0.3 is 0 Å². The number of hydrogen-bond donors (Lipinski definition) is 2. The van der Waals surface area contributed by atoms with Crippen LogP contribution in [0.2, 0.25) is 0 Å². The van der Waals surface area contributed by atoms with Gasteiger partial charge in [-0.05, 0) is 50.2 Å². The summed E-state index contributed by atoms with van der Waals surface area (Å²) in [4.78, 5) is 7.02. The molecule has 0 radical (unpaired) electrons. The van der Waals surface area contributed by atoms with E-state index >= 15 is 0 Å². The van der Waals surface area contributed by atoms with Crippen LogP contribution < -0.4 is 10.2 Å². The molecular formula is C14H25N5S. The Kier molecular flexibility index (Phi) is 4.83. The predicted octanol–water partition coefficient (Wildman–Crippen LogP) is 1.68. The molecule has 0 aromatic carbocycles. The lowest BCUT2D eigenvalue weighted by Gasteiger charge is -2.30. The first-order valence-corrected chi connectivity index (χ1v) is 8.92. The van der Waals surface area contributed by atoms with Gasteiger partial charge in [-0.25, -0.2) is 0 Å². The molecule has 0 atom stereocenters. The standard InChI is InChI=1S/C14H25N5S/c1-15-12-2-6-19(7-3-12)14-16-13(17-18-14)10-11-4-8-20-9-5-11/h11-12,15H,2-10H2,1H3,(H,16,17,18). The normalized spacial score (nSPS) is 22.4. The molecule has 2 aliphatic heterocycles. The van der Waals surface area contributed by atoms with Crippen molar-refractivity contribution in [3.63, 3.8) is 0 Å². The third-order valence-corrected chi connectivity index (χ3v) is 5.58. The summed E-state index contributed by atoms with van der Waals surface area (Å²) in [5.41, 5.74) is 0. The molecule has 2 N–H and O–H groups in total. The number of nitrogens with zero attached hydrogens (tertiary/aromatic N) is 3. The molecule has 6 heteroatoms. The first kappa shape index (κ1) is 14.2. The van der Waals surface area contributed by atoms with E-state index in [2.05, 4.69) is 32.2 Å². The second kappa shape index (κ2) is 6.80. The summed E-state index contributed by atoms with van der Waals surface area (Å²) in [6.07, 6.45) is 6.09. The fourth-order valence-electron chi connectivity index (χ4n) is 3.11. The number of aromatic nitrogens is 3. The van der Waals surface area contributed by atoms with E-state index in [1.54, 1.807) is 0 Å². The van der Waals surface area contributed by atoms with Crippen LogP contribution in [-0.2, 0) is 6.42 Å². The maximum Gasteiger partial charge on any atom is 0.244 e. The van der Waals surface area contributed by atoms with Crippen LogP contribution in [0.3, 0.4) is 0 Å². The number of thioether (sulfide) groups is 1. The second-order valence-electron chi connectivity index (χ2n) is 5.89. The first-order chi connectivity index (χ1) is 9.85. The van der Waals surface area contributed by atoms with Gasteiger partial charge in [0.15, 0.2) is 0 Å². The highest BCUT2D eigenvalue weighted by Gasteiger charge is 2.22. The molecule has 3 heterocycles. The minimum Gasteiger partial charge on any atom is -0.339 e. The summed E-state index contributed by atoms with van der Waals surface area (Å²) in [7, 11) is 2.05. The van der Waals surface area contributed by atoms with E-state index in [0.717, 1.165) is 37.2 Å². The highest BCUT2D eigenvalue weighted by molar-refractivity contribution is 7.99. The van der Waals surface area contributed by atoms with Crippen molar-refractivity contribution < 1.29 is 0 Å². The minimum atomic E-state index is 0.657. The Hall–Kier alpha value is -0.750. The van der Waals surface area contributed by atoms with Crippen molar-refractivity contribution in [1.29, 1.82) is 0 Å². The van der Waals surface area contributed by atoms with Crippen LogP contribution in [0.4, 0.5) is 5.95 Å². The van der Waals surface area contributed by atoms with Crippen molar-refractivity contribution >= 4 is 17.7 Å². The Bertz CT molecular complexity index is 407. The summed E-state index contributed by atoms with van der Waals surface area (Å²) in [5.74, 6) is 5.39. The summed E-state index contributed by atoms with van der Waals surface area (Å²) in [6, 6.07) is 0.657. The number of hydrogen-bond acceptors (Lipinski definition) is 5. The van der Waals surface area contributed by atoms with Crippen molar-refractivity contribution in [2.45, 2.75) is 38.1 Å². The summed E-state index contributed by atoms with van der Waals surface area (Å²) in [5, 5.41) is 10.9. The van der Waals surface area contributed by atoms with Crippen molar-refractivity contribution in [3.05, 3.63) is 5.82 Å². The van der Waals surface area contributed by atoms with Gasteiger partial charge in [0.25, 0.3) is 0 Å². The number of rotatable bonds is 4. The molecule has 0 aliphatic carbocycles. The van der Waals surface area contributed by atoms with Gasteiger partial charge < -0.3 is 10.2 Å². The van der Waals surface area contributed by atoms with E-state index in [4.69, 9.17) is 4.98 Å². The Morgan fingerprint density at radius 2 is 2.00 bits per heavy atom. The molecule has 0 unspecified atom stereocenters. The zero-order valence-corrected chi connectivity index (χ0v) is 13.1. The molecule has 0 saturated carbocycles. The van der Waals surface area contributed by atoms with E-state index < -0.39 is 0 Å². The summed E-state index contributed by atoms with van der Waals surface area (Å²) >= 11 is 2.08. The van der Waals surface area contributed by atoms with Gasteiger partial charge in [0.1, 0.15) is 5.82 Å². The maximum atomic E-state index is 4.71. The molecule has 2 fully saturated rings. The fourth-order valence-corrected chi connectivity index (χ4v) is 4.31. The monoisotopic (exact) mass is 295 g/mol. The molecule has 112 valence electrons. The molecule has 1 aromatic heterocycles. The average Bonchev–Trinajstić information content (AvgIpc) is 2.97. The van der Waals surface area contributed by atoms with Crippen LogP contribution in [0, 0.1) is 5.92 Å². The Balaban J connectivity index is 1.54. The van der Waals surface area contributed by atoms with Crippen molar-refractivity contribution in [3.8, 4) is 0 Å². The van der Waals surface area contributed by atoms with Crippen LogP contribution in [0.5, 0.6) is 0 Å². The van der Waals surface area contributed by atoms with Crippen molar-refractivity contribution in [1.82, 2.24) is 20.5 Å². The molecule has 0 spiro atoms. The van der Waals surface area contributed by atoms with Crippen LogP contribution in [-0.4, -0.2) is 52.9 Å². The lowest BCUT2D eigenvalue weighted by atomic mass is 9.99. The van der Waals surface area contributed by atoms with Crippen molar-refractivity contribution in [2.75, 3.05) is 36.5 Å². The molecule has 0 amide bonds. The number of anilines is 1. The molecule has 0 bridgehead atoms. The van der Waals surface area contributed by atoms with E-state index in [-0.39, 0.29) is 0 Å². The topological polar surface area (TPSA) is 56.8 Å². The van der Waals surface area contributed by atoms with Gasteiger partial charge in [0, 0.05) is 25.6 Å². The highest BCUT2D eigenvalue weighted by atomic mass is 32.2. The number of aromatic amines is 1. The van der Waals surface area contributed by atoms with E-state index in [1.165, 1.54) is 37.2 Å². The molecule has 2 aliphatic rings. The largest absolute Gasteiger partial charge is 0.339 e. The molecule has 5 nitrogen and oxygen atoms in total. The number of nitrogens with one attached hydrogen (secondary N) is 2. The minimum absolute atomic E-state index is 0.657. The van der Waals surface area contributed by atoms with E-state index in [0.29, 0.717) is 6.04 Å². The van der Waals surface area contributed by atoms with Gasteiger partial charge in [0.05, 0.1) is 0 Å². The summed E-state index contributed by atoms with van der Waals surface area (Å²) < 4.78 is 0. The van der Waals surface area contributed by atoms with Crippen molar-refractivity contribution in [2.24, 2.45) is 5.92 Å². The number of piperidine rings is 1. The second-order valence-corrected chi connectivity index (χ2v) is 7.12. The zero-order valence-electron chi connectivity index (χ0n) is 12.3. The SMILES string of the molecule is CNC1CCN(c2n[nH]c(CC3CCSCC3)n2)CC1. The van der Waals surface area contributed by atoms with Gasteiger partial charge in [-0.2, -0.15) is 16.7 Å². The Morgan fingerprint density at radius 1 is 1.25 bits per heavy atom.